The fourth-order valence-electron chi connectivity index (χ4n) is 2.93. The number of hydrogen-bond donors (Lipinski definition) is 0. The highest BCUT2D eigenvalue weighted by atomic mass is 35.5. The van der Waals surface area contributed by atoms with Crippen LogP contribution in [-0.4, -0.2) is 51.0 Å². The van der Waals surface area contributed by atoms with Gasteiger partial charge in [-0.2, -0.15) is 9.61 Å². The van der Waals surface area contributed by atoms with E-state index >= 15 is 0 Å². The third-order valence-electron chi connectivity index (χ3n) is 4.03. The smallest absolute Gasteiger partial charge is 0.200 e. The predicted octanol–water partition coefficient (Wildman–Crippen LogP) is 1.81. The van der Waals surface area contributed by atoms with Gasteiger partial charge in [-0.25, -0.2) is 4.98 Å². The van der Waals surface area contributed by atoms with E-state index in [1.165, 1.54) is 0 Å². The van der Waals surface area contributed by atoms with E-state index < -0.39 is 0 Å². The summed E-state index contributed by atoms with van der Waals surface area (Å²) in [5.41, 5.74) is 2.81. The second-order valence-electron chi connectivity index (χ2n) is 5.55. The monoisotopic (exact) mass is 329 g/mol. The minimum absolute atomic E-state index is 0.695. The average Bonchev–Trinajstić information content (AvgIpc) is 3.03. The first-order chi connectivity index (χ1) is 11.2. The van der Waals surface area contributed by atoms with Gasteiger partial charge in [0.2, 0.25) is 5.65 Å². The molecule has 4 rings (SSSR count). The fraction of sp³-hybridized carbons (Fsp3) is 0.333. The Balaban J connectivity index is 1.57. The molecule has 3 aromatic heterocycles. The van der Waals surface area contributed by atoms with E-state index in [0.717, 1.165) is 49.0 Å². The normalized spacial score (nSPS) is 15.4. The molecule has 0 unspecified atom stereocenters. The van der Waals surface area contributed by atoms with Gasteiger partial charge in [0, 0.05) is 32.4 Å². The molecule has 0 radical (unpaired) electrons. The van der Waals surface area contributed by atoms with Crippen molar-refractivity contribution >= 4 is 28.8 Å². The summed E-state index contributed by atoms with van der Waals surface area (Å²) in [5.74, 6) is 0.854. The molecule has 0 amide bonds. The second-order valence-corrected chi connectivity index (χ2v) is 5.96. The molecule has 23 heavy (non-hydrogen) atoms. The molecule has 118 valence electrons. The zero-order chi connectivity index (χ0) is 15.8. The van der Waals surface area contributed by atoms with Crippen LogP contribution in [0.3, 0.4) is 0 Å². The molecule has 0 saturated carbocycles. The highest BCUT2D eigenvalue weighted by molar-refractivity contribution is 6.32. The minimum atomic E-state index is 0.695. The molecule has 8 heteroatoms. The number of pyridine rings is 1. The van der Waals surface area contributed by atoms with Crippen molar-refractivity contribution in [2.45, 2.75) is 6.92 Å². The van der Waals surface area contributed by atoms with Gasteiger partial charge in [-0.1, -0.05) is 11.6 Å². The maximum atomic E-state index is 6.25. The molecule has 0 aliphatic carbocycles. The van der Waals surface area contributed by atoms with Crippen molar-refractivity contribution in [2.75, 3.05) is 36.0 Å². The molecule has 1 fully saturated rings. The maximum Gasteiger partial charge on any atom is 0.200 e. The molecule has 7 nitrogen and oxygen atoms in total. The van der Waals surface area contributed by atoms with Crippen LogP contribution in [0.25, 0.3) is 5.65 Å². The van der Waals surface area contributed by atoms with E-state index in [1.54, 1.807) is 17.0 Å². The van der Waals surface area contributed by atoms with E-state index in [2.05, 4.69) is 36.1 Å². The summed E-state index contributed by atoms with van der Waals surface area (Å²) < 4.78 is 1.73. The third kappa shape index (κ3) is 2.57. The summed E-state index contributed by atoms with van der Waals surface area (Å²) in [7, 11) is 0. The molecule has 1 saturated heterocycles. The van der Waals surface area contributed by atoms with Crippen LogP contribution >= 0.6 is 11.6 Å². The van der Waals surface area contributed by atoms with Crippen molar-refractivity contribution in [1.29, 1.82) is 0 Å². The van der Waals surface area contributed by atoms with Crippen molar-refractivity contribution in [3.8, 4) is 0 Å². The van der Waals surface area contributed by atoms with E-state index in [0.29, 0.717) is 5.02 Å². The second kappa shape index (κ2) is 5.66. The van der Waals surface area contributed by atoms with Crippen LogP contribution in [0.1, 0.15) is 5.69 Å². The number of aryl methyl sites for hydroxylation is 1. The molecule has 0 spiro atoms. The van der Waals surface area contributed by atoms with E-state index in [1.807, 2.05) is 19.1 Å². The van der Waals surface area contributed by atoms with Gasteiger partial charge in [0.05, 0.1) is 16.4 Å². The summed E-state index contributed by atoms with van der Waals surface area (Å²) in [4.78, 5) is 8.92. The zero-order valence-corrected chi connectivity index (χ0v) is 13.5. The van der Waals surface area contributed by atoms with E-state index in [4.69, 9.17) is 11.6 Å². The van der Waals surface area contributed by atoms with Crippen molar-refractivity contribution in [1.82, 2.24) is 24.8 Å². The lowest BCUT2D eigenvalue weighted by Gasteiger charge is -2.36. The van der Waals surface area contributed by atoms with Crippen LogP contribution in [0.15, 0.2) is 30.7 Å². The molecule has 0 atom stereocenters. The Kier molecular flexibility index (Phi) is 3.49. The lowest BCUT2D eigenvalue weighted by Crippen LogP contribution is -2.47. The fourth-order valence-corrected chi connectivity index (χ4v) is 3.18. The van der Waals surface area contributed by atoms with Crippen molar-refractivity contribution in [3.63, 3.8) is 0 Å². The number of anilines is 2. The highest BCUT2D eigenvalue weighted by Crippen LogP contribution is 2.26. The molecule has 4 heterocycles. The molecular formula is C15H16ClN7. The number of halogens is 1. The standard InChI is InChI=1S/C15H16ClN7/c1-11-9-13(15-19-18-10-23(15)20-11)21-5-7-22(8-6-21)14-12(16)3-2-4-17-14/h2-4,9-10H,5-8H2,1H3. The Morgan fingerprint density at radius 3 is 2.70 bits per heavy atom. The van der Waals surface area contributed by atoms with Gasteiger partial charge < -0.3 is 9.80 Å². The summed E-state index contributed by atoms with van der Waals surface area (Å²) >= 11 is 6.25. The number of hydrogen-bond acceptors (Lipinski definition) is 6. The molecule has 0 N–H and O–H groups in total. The van der Waals surface area contributed by atoms with Gasteiger partial charge in [0.25, 0.3) is 0 Å². The SMILES string of the molecule is Cc1cc(N2CCN(c3ncccc3Cl)CC2)c2nncn2n1. The Morgan fingerprint density at radius 1 is 1.13 bits per heavy atom. The lowest BCUT2D eigenvalue weighted by molar-refractivity contribution is 0.646. The summed E-state index contributed by atoms with van der Waals surface area (Å²) in [5, 5.41) is 13.2. The summed E-state index contributed by atoms with van der Waals surface area (Å²) in [6, 6.07) is 5.79. The van der Waals surface area contributed by atoms with E-state index in [-0.39, 0.29) is 0 Å². The van der Waals surface area contributed by atoms with Gasteiger partial charge >= 0.3 is 0 Å². The summed E-state index contributed by atoms with van der Waals surface area (Å²) in [6.07, 6.45) is 3.41. The predicted molar refractivity (Wildman–Crippen MR) is 89.2 cm³/mol. The van der Waals surface area contributed by atoms with Crippen LogP contribution in [-0.2, 0) is 0 Å². The number of aromatic nitrogens is 5. The van der Waals surface area contributed by atoms with Crippen molar-refractivity contribution < 1.29 is 0 Å². The third-order valence-corrected chi connectivity index (χ3v) is 4.32. The first kappa shape index (κ1) is 14.2. The molecule has 1 aliphatic heterocycles. The van der Waals surface area contributed by atoms with Crippen LogP contribution < -0.4 is 9.80 Å². The Hall–Kier alpha value is -2.41. The van der Waals surface area contributed by atoms with Crippen molar-refractivity contribution in [3.05, 3.63) is 41.4 Å². The first-order valence-corrected chi connectivity index (χ1v) is 7.88. The number of piperazine rings is 1. The van der Waals surface area contributed by atoms with Gasteiger partial charge in [-0.05, 0) is 25.1 Å². The number of nitrogens with zero attached hydrogens (tertiary/aromatic N) is 7. The molecule has 1 aliphatic rings. The lowest BCUT2D eigenvalue weighted by atomic mass is 10.2. The van der Waals surface area contributed by atoms with Gasteiger partial charge in [0.1, 0.15) is 12.1 Å². The quantitative estimate of drug-likeness (QED) is 0.714. The topological polar surface area (TPSA) is 62.5 Å². The summed E-state index contributed by atoms with van der Waals surface area (Å²) in [6.45, 7) is 5.45. The number of rotatable bonds is 2. The van der Waals surface area contributed by atoms with Crippen LogP contribution in [0.4, 0.5) is 11.5 Å². The molecule has 3 aromatic rings. The Morgan fingerprint density at radius 2 is 1.91 bits per heavy atom. The maximum absolute atomic E-state index is 6.25. The molecule has 0 aromatic carbocycles. The van der Waals surface area contributed by atoms with E-state index in [9.17, 15) is 0 Å². The Labute approximate surface area is 138 Å². The largest absolute Gasteiger partial charge is 0.365 e. The van der Waals surface area contributed by atoms with Crippen LogP contribution in [0, 0.1) is 6.92 Å². The zero-order valence-electron chi connectivity index (χ0n) is 12.7. The van der Waals surface area contributed by atoms with Gasteiger partial charge in [0.15, 0.2) is 0 Å². The van der Waals surface area contributed by atoms with Crippen LogP contribution in [0.5, 0.6) is 0 Å². The molecular weight excluding hydrogens is 314 g/mol. The molecule has 0 bridgehead atoms. The highest BCUT2D eigenvalue weighted by Gasteiger charge is 2.22. The van der Waals surface area contributed by atoms with Gasteiger partial charge in [-0.15, -0.1) is 10.2 Å². The van der Waals surface area contributed by atoms with Crippen molar-refractivity contribution in [2.24, 2.45) is 0 Å². The Bertz CT molecular complexity index is 839. The van der Waals surface area contributed by atoms with Gasteiger partial charge in [-0.3, -0.25) is 0 Å². The van der Waals surface area contributed by atoms with Crippen LogP contribution in [0.2, 0.25) is 5.02 Å². The number of fused-ring (bicyclic) bond motifs is 1. The average molecular weight is 330 g/mol. The minimum Gasteiger partial charge on any atom is -0.365 e. The first-order valence-electron chi connectivity index (χ1n) is 7.50.